The highest BCUT2D eigenvalue weighted by Crippen LogP contribution is 2.30. The van der Waals surface area contributed by atoms with Crippen LogP contribution in [0, 0.1) is 0 Å². The van der Waals surface area contributed by atoms with Crippen molar-refractivity contribution < 1.29 is 9.47 Å². The van der Waals surface area contributed by atoms with E-state index in [2.05, 4.69) is 33.0 Å². The van der Waals surface area contributed by atoms with Gasteiger partial charge in [-0.25, -0.2) is 0 Å². The van der Waals surface area contributed by atoms with Crippen LogP contribution in [0.25, 0.3) is 21.8 Å². The number of H-pyrrole nitrogens is 1. The van der Waals surface area contributed by atoms with E-state index in [9.17, 15) is 0 Å². The zero-order valence-electron chi connectivity index (χ0n) is 10.6. The first-order valence-electron chi connectivity index (χ1n) is 6.10. The van der Waals surface area contributed by atoms with Gasteiger partial charge in [0.15, 0.2) is 0 Å². The number of benzene rings is 2. The maximum Gasteiger partial charge on any atom is 0.121 e. The number of methoxy groups -OCH3 is 1. The number of halogens is 1. The van der Waals surface area contributed by atoms with Crippen LogP contribution in [0.1, 0.15) is 0 Å². The Morgan fingerprint density at radius 1 is 1.00 bits per heavy atom. The Bertz CT molecular complexity index is 721. The summed E-state index contributed by atoms with van der Waals surface area (Å²) in [5.41, 5.74) is 2.15. The van der Waals surface area contributed by atoms with Gasteiger partial charge in [-0.3, -0.25) is 0 Å². The molecule has 0 aliphatic heterocycles. The van der Waals surface area contributed by atoms with Gasteiger partial charge in [0.1, 0.15) is 11.5 Å². The predicted molar refractivity (Wildman–Crippen MR) is 81.6 cm³/mol. The second-order valence-corrected chi connectivity index (χ2v) is 5.07. The second kappa shape index (κ2) is 5.13. The molecule has 98 valence electrons. The molecule has 19 heavy (non-hydrogen) atoms. The largest absolute Gasteiger partial charge is 0.497 e. The minimum absolute atomic E-state index is 0.666. The summed E-state index contributed by atoms with van der Waals surface area (Å²) in [5.74, 6) is 1.74. The fraction of sp³-hybridized carbons (Fsp3) is 0.200. The zero-order valence-corrected chi connectivity index (χ0v) is 12.2. The van der Waals surface area contributed by atoms with E-state index < -0.39 is 0 Å². The summed E-state index contributed by atoms with van der Waals surface area (Å²) in [6, 6.07) is 12.2. The second-order valence-electron chi connectivity index (χ2n) is 4.28. The molecule has 0 aliphatic carbocycles. The van der Waals surface area contributed by atoms with Gasteiger partial charge in [-0.1, -0.05) is 15.9 Å². The number of aromatic nitrogens is 1. The molecule has 0 unspecified atom stereocenters. The average molecular weight is 320 g/mol. The van der Waals surface area contributed by atoms with Crippen molar-refractivity contribution in [3.8, 4) is 11.5 Å². The van der Waals surface area contributed by atoms with Gasteiger partial charge >= 0.3 is 0 Å². The van der Waals surface area contributed by atoms with Crippen LogP contribution in [-0.4, -0.2) is 24.0 Å². The molecular formula is C15H14BrNO2. The van der Waals surface area contributed by atoms with Crippen molar-refractivity contribution in [2.24, 2.45) is 0 Å². The van der Waals surface area contributed by atoms with Gasteiger partial charge in [0, 0.05) is 28.2 Å². The Morgan fingerprint density at radius 2 is 1.63 bits per heavy atom. The van der Waals surface area contributed by atoms with E-state index in [1.807, 2.05) is 24.3 Å². The third-order valence-corrected chi connectivity index (χ3v) is 3.45. The van der Waals surface area contributed by atoms with Crippen molar-refractivity contribution in [1.29, 1.82) is 0 Å². The number of rotatable bonds is 4. The average Bonchev–Trinajstić information content (AvgIpc) is 2.81. The Kier molecular flexibility index (Phi) is 3.34. The minimum Gasteiger partial charge on any atom is -0.497 e. The topological polar surface area (TPSA) is 34.2 Å². The summed E-state index contributed by atoms with van der Waals surface area (Å²) in [4.78, 5) is 3.40. The van der Waals surface area contributed by atoms with Crippen molar-refractivity contribution in [2.75, 3.05) is 19.0 Å². The molecule has 1 aromatic heterocycles. The summed E-state index contributed by atoms with van der Waals surface area (Å²) in [5, 5.41) is 3.22. The number of ether oxygens (including phenoxy) is 2. The Hall–Kier alpha value is -1.68. The molecule has 0 saturated carbocycles. The van der Waals surface area contributed by atoms with E-state index >= 15 is 0 Å². The quantitative estimate of drug-likeness (QED) is 0.734. The van der Waals surface area contributed by atoms with E-state index in [0.717, 1.165) is 27.9 Å². The number of alkyl halides is 1. The first-order valence-corrected chi connectivity index (χ1v) is 7.22. The Balaban J connectivity index is 2.10. The van der Waals surface area contributed by atoms with Gasteiger partial charge < -0.3 is 14.5 Å². The van der Waals surface area contributed by atoms with Crippen LogP contribution >= 0.6 is 15.9 Å². The molecule has 0 atom stereocenters. The molecule has 2 aromatic carbocycles. The summed E-state index contributed by atoms with van der Waals surface area (Å²) < 4.78 is 10.9. The highest BCUT2D eigenvalue weighted by Gasteiger charge is 2.06. The minimum atomic E-state index is 0.666. The van der Waals surface area contributed by atoms with Gasteiger partial charge in [0.25, 0.3) is 0 Å². The fourth-order valence-electron chi connectivity index (χ4n) is 2.24. The molecule has 3 rings (SSSR count). The molecule has 4 heteroatoms. The van der Waals surface area contributed by atoms with E-state index in [1.54, 1.807) is 7.11 Å². The molecule has 0 fully saturated rings. The highest BCUT2D eigenvalue weighted by atomic mass is 79.9. The first-order chi connectivity index (χ1) is 9.31. The van der Waals surface area contributed by atoms with E-state index in [1.165, 1.54) is 10.8 Å². The lowest BCUT2D eigenvalue weighted by Crippen LogP contribution is -1.97. The third-order valence-electron chi connectivity index (χ3n) is 3.12. The molecule has 0 aliphatic rings. The maximum atomic E-state index is 5.61. The summed E-state index contributed by atoms with van der Waals surface area (Å²) in [6.07, 6.45) is 0. The van der Waals surface area contributed by atoms with Crippen LogP contribution in [0.5, 0.6) is 11.5 Å². The SMILES string of the molecule is COc1ccc2c(c1)[nH]c1cc(OCCBr)ccc12. The van der Waals surface area contributed by atoms with E-state index in [0.29, 0.717) is 6.61 Å². The molecule has 1 heterocycles. The van der Waals surface area contributed by atoms with Crippen molar-refractivity contribution in [2.45, 2.75) is 0 Å². The summed E-state index contributed by atoms with van der Waals surface area (Å²) in [7, 11) is 1.68. The van der Waals surface area contributed by atoms with Crippen LogP contribution < -0.4 is 9.47 Å². The number of hydrogen-bond acceptors (Lipinski definition) is 2. The van der Waals surface area contributed by atoms with Crippen LogP contribution in [0.4, 0.5) is 0 Å². The van der Waals surface area contributed by atoms with Crippen molar-refractivity contribution in [3.05, 3.63) is 36.4 Å². The fourth-order valence-corrected chi connectivity index (χ4v) is 2.40. The monoisotopic (exact) mass is 319 g/mol. The molecule has 0 spiro atoms. The summed E-state index contributed by atoms with van der Waals surface area (Å²) >= 11 is 3.35. The van der Waals surface area contributed by atoms with Gasteiger partial charge in [0.2, 0.25) is 0 Å². The number of fused-ring (bicyclic) bond motifs is 3. The number of hydrogen-bond donors (Lipinski definition) is 1. The first kappa shape index (κ1) is 12.4. The van der Waals surface area contributed by atoms with Gasteiger partial charge in [-0.2, -0.15) is 0 Å². The molecule has 0 saturated heterocycles. The molecule has 0 amide bonds. The lowest BCUT2D eigenvalue weighted by molar-refractivity contribution is 0.345. The lowest BCUT2D eigenvalue weighted by atomic mass is 10.1. The van der Waals surface area contributed by atoms with Crippen LogP contribution in [0.3, 0.4) is 0 Å². The molecular weight excluding hydrogens is 306 g/mol. The van der Waals surface area contributed by atoms with Crippen molar-refractivity contribution in [1.82, 2.24) is 4.98 Å². The maximum absolute atomic E-state index is 5.61. The molecule has 0 bridgehead atoms. The van der Waals surface area contributed by atoms with Crippen LogP contribution in [0.15, 0.2) is 36.4 Å². The smallest absolute Gasteiger partial charge is 0.121 e. The van der Waals surface area contributed by atoms with Crippen molar-refractivity contribution in [3.63, 3.8) is 0 Å². The van der Waals surface area contributed by atoms with Gasteiger partial charge in [-0.15, -0.1) is 0 Å². The van der Waals surface area contributed by atoms with E-state index in [-0.39, 0.29) is 0 Å². The highest BCUT2D eigenvalue weighted by molar-refractivity contribution is 9.09. The zero-order chi connectivity index (χ0) is 13.2. The summed E-state index contributed by atoms with van der Waals surface area (Å²) in [6.45, 7) is 0.666. The Morgan fingerprint density at radius 3 is 2.26 bits per heavy atom. The van der Waals surface area contributed by atoms with Crippen LogP contribution in [0.2, 0.25) is 0 Å². The number of nitrogens with one attached hydrogen (secondary N) is 1. The molecule has 3 aromatic rings. The van der Waals surface area contributed by atoms with Gasteiger partial charge in [-0.05, 0) is 24.3 Å². The predicted octanol–water partition coefficient (Wildman–Crippen LogP) is 4.10. The standard InChI is InChI=1S/C15H14BrNO2/c1-18-10-2-4-12-13-5-3-11(19-7-6-16)9-15(13)17-14(12)8-10/h2-5,8-9,17H,6-7H2,1H3. The third kappa shape index (κ3) is 2.28. The number of aromatic amines is 1. The molecule has 0 radical (unpaired) electrons. The molecule has 3 nitrogen and oxygen atoms in total. The molecule has 1 N–H and O–H groups in total. The van der Waals surface area contributed by atoms with Crippen molar-refractivity contribution >= 4 is 37.7 Å². The van der Waals surface area contributed by atoms with Gasteiger partial charge in [0.05, 0.1) is 24.8 Å². The lowest BCUT2D eigenvalue weighted by Gasteiger charge is -2.03. The van der Waals surface area contributed by atoms with E-state index in [4.69, 9.17) is 9.47 Å². The van der Waals surface area contributed by atoms with Crippen LogP contribution in [-0.2, 0) is 0 Å². The normalized spacial score (nSPS) is 11.1. The Labute approximate surface area is 119 Å².